The highest BCUT2D eigenvalue weighted by Gasteiger charge is 2.22. The lowest BCUT2D eigenvalue weighted by Crippen LogP contribution is -2.13. The molecule has 152 valence electrons. The van der Waals surface area contributed by atoms with E-state index in [4.69, 9.17) is 21.7 Å². The average Bonchev–Trinajstić information content (AvgIpc) is 3.26. The van der Waals surface area contributed by atoms with Crippen LogP contribution in [0.2, 0.25) is 0 Å². The van der Waals surface area contributed by atoms with Crippen molar-refractivity contribution >= 4 is 42.3 Å². The highest BCUT2D eigenvalue weighted by atomic mass is 35.5. The zero-order chi connectivity index (χ0) is 19.0. The summed E-state index contributed by atoms with van der Waals surface area (Å²) >= 11 is 0. The Morgan fingerprint density at radius 3 is 2.66 bits per heavy atom. The molecule has 9 heteroatoms. The molecule has 7 nitrogen and oxygen atoms in total. The average molecular weight is 433 g/mol. The van der Waals surface area contributed by atoms with Gasteiger partial charge in [-0.3, -0.25) is 5.41 Å². The fourth-order valence-corrected chi connectivity index (χ4v) is 3.38. The van der Waals surface area contributed by atoms with Crippen LogP contribution in [0.15, 0.2) is 53.7 Å². The summed E-state index contributed by atoms with van der Waals surface area (Å²) in [7, 11) is 1.63. The molecule has 1 aromatic heterocycles. The molecule has 0 saturated heterocycles. The van der Waals surface area contributed by atoms with Crippen molar-refractivity contribution in [3.05, 3.63) is 65.4 Å². The molecule has 29 heavy (non-hydrogen) atoms. The van der Waals surface area contributed by atoms with E-state index in [0.29, 0.717) is 5.95 Å². The highest BCUT2D eigenvalue weighted by Crippen LogP contribution is 2.29. The van der Waals surface area contributed by atoms with Crippen LogP contribution in [0.5, 0.6) is 5.75 Å². The Labute approximate surface area is 181 Å². The number of ether oxygens (including phenoxy) is 1. The quantitative estimate of drug-likeness (QED) is 0.332. The second kappa shape index (κ2) is 8.98. The predicted octanol–water partition coefficient (Wildman–Crippen LogP) is 3.47. The number of imidazole rings is 1. The fourth-order valence-electron chi connectivity index (χ4n) is 3.38. The Kier molecular flexibility index (Phi) is 6.89. The lowest BCUT2D eigenvalue weighted by molar-refractivity contribution is 0.415. The van der Waals surface area contributed by atoms with Crippen molar-refractivity contribution < 1.29 is 4.74 Å². The van der Waals surface area contributed by atoms with Gasteiger partial charge in [-0.05, 0) is 30.5 Å². The molecule has 0 amide bonds. The number of aromatic nitrogens is 2. The zero-order valence-electron chi connectivity index (χ0n) is 15.8. The van der Waals surface area contributed by atoms with E-state index in [1.54, 1.807) is 13.3 Å². The zero-order valence-corrected chi connectivity index (χ0v) is 17.4. The van der Waals surface area contributed by atoms with Gasteiger partial charge in [0.2, 0.25) is 5.95 Å². The van der Waals surface area contributed by atoms with Gasteiger partial charge in [-0.1, -0.05) is 30.3 Å². The fraction of sp³-hybridized carbons (Fsp3) is 0.150. The minimum Gasteiger partial charge on any atom is -0.497 e. The summed E-state index contributed by atoms with van der Waals surface area (Å²) in [5, 5.41) is 7.75. The number of fused-ring (bicyclic) bond motifs is 1. The predicted molar refractivity (Wildman–Crippen MR) is 121 cm³/mol. The van der Waals surface area contributed by atoms with Crippen molar-refractivity contribution in [1.82, 2.24) is 9.66 Å². The standard InChI is InChI=1S/C20H20N6O.2ClH/c1-27-13-5-2-4-12(10-13)18-11-26(23)20(25-18)24-17-9-8-14-15(17)6-3-7-16(14)19(21)22;;/h2-7,10-11H,8-9,23H2,1H3,(H3,21,22);2*1H. The molecular formula is C20H22Cl2N6O. The van der Waals surface area contributed by atoms with Crippen LogP contribution >= 0.6 is 24.8 Å². The minimum atomic E-state index is 0. The summed E-state index contributed by atoms with van der Waals surface area (Å²) in [5.74, 6) is 7.36. The molecule has 0 fully saturated rings. The van der Waals surface area contributed by atoms with E-state index in [1.807, 2.05) is 42.5 Å². The van der Waals surface area contributed by atoms with E-state index >= 15 is 0 Å². The van der Waals surface area contributed by atoms with Crippen LogP contribution < -0.4 is 16.3 Å². The number of rotatable bonds is 4. The maximum atomic E-state index is 7.75. The maximum Gasteiger partial charge on any atom is 0.249 e. The third-order valence-electron chi connectivity index (χ3n) is 4.70. The number of nitrogens with zero attached hydrogens (tertiary/aromatic N) is 3. The summed E-state index contributed by atoms with van der Waals surface area (Å²) in [6.45, 7) is 0. The van der Waals surface area contributed by atoms with Crippen molar-refractivity contribution in [3.63, 3.8) is 0 Å². The Morgan fingerprint density at radius 1 is 1.17 bits per heavy atom. The van der Waals surface area contributed by atoms with Gasteiger partial charge in [0.15, 0.2) is 0 Å². The number of nitrogens with one attached hydrogen (secondary N) is 1. The van der Waals surface area contributed by atoms with Crippen LogP contribution in [0.1, 0.15) is 23.1 Å². The van der Waals surface area contributed by atoms with E-state index in [2.05, 4.69) is 9.98 Å². The lowest BCUT2D eigenvalue weighted by atomic mass is 10.0. The van der Waals surface area contributed by atoms with Crippen LogP contribution in [0, 0.1) is 5.41 Å². The van der Waals surface area contributed by atoms with Crippen molar-refractivity contribution in [2.24, 2.45) is 10.7 Å². The SMILES string of the molecule is COc1cccc(-c2cn(N)c(N=C3CCc4c(C(=N)N)cccc43)n2)c1.Cl.Cl. The summed E-state index contributed by atoms with van der Waals surface area (Å²) in [4.78, 5) is 9.27. The molecule has 5 N–H and O–H groups in total. The molecule has 0 spiro atoms. The largest absolute Gasteiger partial charge is 0.497 e. The first kappa shape index (κ1) is 22.3. The number of amidine groups is 1. The molecule has 0 unspecified atom stereocenters. The van der Waals surface area contributed by atoms with Gasteiger partial charge in [-0.15, -0.1) is 24.8 Å². The molecule has 1 aliphatic rings. The first-order valence-corrected chi connectivity index (χ1v) is 8.60. The van der Waals surface area contributed by atoms with Gasteiger partial charge >= 0.3 is 0 Å². The maximum absolute atomic E-state index is 7.75. The number of methoxy groups -OCH3 is 1. The van der Waals surface area contributed by atoms with E-state index in [0.717, 1.165) is 52.3 Å². The molecule has 4 rings (SSSR count). The minimum absolute atomic E-state index is 0. The molecule has 0 aliphatic heterocycles. The molecule has 1 heterocycles. The van der Waals surface area contributed by atoms with E-state index < -0.39 is 0 Å². The van der Waals surface area contributed by atoms with Crippen LogP contribution in [-0.2, 0) is 6.42 Å². The van der Waals surface area contributed by atoms with Crippen LogP contribution in [0.3, 0.4) is 0 Å². The molecule has 0 atom stereocenters. The van der Waals surface area contributed by atoms with E-state index in [1.165, 1.54) is 4.68 Å². The summed E-state index contributed by atoms with van der Waals surface area (Å²) < 4.78 is 6.69. The number of nitrogens with two attached hydrogens (primary N) is 2. The van der Waals surface area contributed by atoms with Gasteiger partial charge in [0.25, 0.3) is 0 Å². The smallest absolute Gasteiger partial charge is 0.249 e. The molecule has 0 bridgehead atoms. The number of benzene rings is 2. The molecule has 3 aromatic rings. The van der Waals surface area contributed by atoms with Crippen molar-refractivity contribution in [3.8, 4) is 17.0 Å². The third-order valence-corrected chi connectivity index (χ3v) is 4.70. The number of aliphatic imine (C=N–C) groups is 1. The molecule has 0 saturated carbocycles. The van der Waals surface area contributed by atoms with E-state index in [-0.39, 0.29) is 30.6 Å². The van der Waals surface area contributed by atoms with Gasteiger partial charge in [0.05, 0.1) is 24.7 Å². The first-order chi connectivity index (χ1) is 13.1. The third kappa shape index (κ3) is 4.21. The Hall–Kier alpha value is -3.03. The van der Waals surface area contributed by atoms with Crippen LogP contribution in [0.25, 0.3) is 11.3 Å². The van der Waals surface area contributed by atoms with Crippen molar-refractivity contribution in [2.45, 2.75) is 12.8 Å². The van der Waals surface area contributed by atoms with Crippen LogP contribution in [-0.4, -0.2) is 28.3 Å². The van der Waals surface area contributed by atoms with Gasteiger partial charge < -0.3 is 16.3 Å². The first-order valence-electron chi connectivity index (χ1n) is 8.60. The topological polar surface area (TPSA) is 115 Å². The molecule has 2 aromatic carbocycles. The van der Waals surface area contributed by atoms with Gasteiger partial charge in [-0.2, -0.15) is 0 Å². The summed E-state index contributed by atoms with van der Waals surface area (Å²) in [5.41, 5.74) is 11.1. The molecule has 0 radical (unpaired) electrons. The van der Waals surface area contributed by atoms with Gasteiger partial charge in [-0.25, -0.2) is 14.7 Å². The Morgan fingerprint density at radius 2 is 1.93 bits per heavy atom. The summed E-state index contributed by atoms with van der Waals surface area (Å²) in [6, 6.07) is 13.4. The normalized spacial score (nSPS) is 13.3. The lowest BCUT2D eigenvalue weighted by Gasteiger charge is -2.06. The highest BCUT2D eigenvalue weighted by molar-refractivity contribution is 6.09. The Balaban J connectivity index is 0.00000150. The van der Waals surface area contributed by atoms with Crippen molar-refractivity contribution in [1.29, 1.82) is 5.41 Å². The molecule has 1 aliphatic carbocycles. The van der Waals surface area contributed by atoms with Gasteiger partial charge in [0.1, 0.15) is 11.6 Å². The number of halogens is 2. The second-order valence-corrected chi connectivity index (χ2v) is 6.37. The second-order valence-electron chi connectivity index (χ2n) is 6.37. The van der Waals surface area contributed by atoms with Crippen LogP contribution in [0.4, 0.5) is 5.95 Å². The van der Waals surface area contributed by atoms with Gasteiger partial charge in [0, 0.05) is 16.7 Å². The van der Waals surface area contributed by atoms with E-state index in [9.17, 15) is 0 Å². The molecular weight excluding hydrogens is 411 g/mol. The van der Waals surface area contributed by atoms with Crippen molar-refractivity contribution in [2.75, 3.05) is 13.0 Å². The monoisotopic (exact) mass is 432 g/mol. The number of hydrogen-bond acceptors (Lipinski definition) is 5. The number of hydrogen-bond donors (Lipinski definition) is 3. The Bertz CT molecular complexity index is 1080. The number of nitrogen functional groups attached to an aromatic ring is 2. The summed E-state index contributed by atoms with van der Waals surface area (Å²) in [6.07, 6.45) is 3.31.